The van der Waals surface area contributed by atoms with Gasteiger partial charge in [0.15, 0.2) is 0 Å². The van der Waals surface area contributed by atoms with E-state index in [0.29, 0.717) is 0 Å². The van der Waals surface area contributed by atoms with Crippen molar-refractivity contribution in [2.45, 2.75) is 6.92 Å². The molecule has 3 nitrogen and oxygen atoms in total. The number of pyridine rings is 1. The summed E-state index contributed by atoms with van der Waals surface area (Å²) < 4.78 is 0. The van der Waals surface area contributed by atoms with Gasteiger partial charge in [-0.3, -0.25) is 0 Å². The summed E-state index contributed by atoms with van der Waals surface area (Å²) in [6, 6.07) is 15.1. The number of fused-ring (bicyclic) bond motifs is 1. The maximum atomic E-state index is 5.04. The van der Waals surface area contributed by atoms with Crippen molar-refractivity contribution in [2.24, 2.45) is 0 Å². The molecule has 0 amide bonds. The van der Waals surface area contributed by atoms with Gasteiger partial charge in [-0.05, 0) is 29.4 Å². The van der Waals surface area contributed by atoms with Crippen LogP contribution in [0.15, 0.2) is 47.8 Å². The Morgan fingerprint density at radius 3 is 2.54 bits per heavy atom. The van der Waals surface area contributed by atoms with Gasteiger partial charge in [-0.15, -0.1) is 23.7 Å². The number of rotatable bonds is 3. The molecule has 1 aliphatic rings. The molecule has 2 aromatic heterocycles. The SMILES string of the molecule is CCN1CCN(c2nc(-c3cccs3)cc3ccccc23)CC1.Cl. The lowest BCUT2D eigenvalue weighted by Crippen LogP contribution is -2.46. The Labute approximate surface area is 153 Å². The summed E-state index contributed by atoms with van der Waals surface area (Å²) in [5, 5.41) is 4.66. The number of piperazine rings is 1. The largest absolute Gasteiger partial charge is 0.354 e. The fourth-order valence-corrected chi connectivity index (χ4v) is 3.93. The topological polar surface area (TPSA) is 19.4 Å². The molecule has 1 aliphatic heterocycles. The number of hydrogen-bond acceptors (Lipinski definition) is 4. The van der Waals surface area contributed by atoms with E-state index in [4.69, 9.17) is 4.98 Å². The fraction of sp³-hybridized carbons (Fsp3) is 0.316. The van der Waals surface area contributed by atoms with Gasteiger partial charge in [0.25, 0.3) is 0 Å². The zero-order chi connectivity index (χ0) is 15.6. The van der Waals surface area contributed by atoms with Gasteiger partial charge in [0.1, 0.15) is 5.82 Å². The number of aromatic nitrogens is 1. The Kier molecular flexibility index (Phi) is 5.39. The van der Waals surface area contributed by atoms with E-state index in [2.05, 4.69) is 64.6 Å². The van der Waals surface area contributed by atoms with Crippen molar-refractivity contribution in [2.75, 3.05) is 37.6 Å². The molecule has 1 saturated heterocycles. The summed E-state index contributed by atoms with van der Waals surface area (Å²) in [5.41, 5.74) is 1.09. The summed E-state index contributed by atoms with van der Waals surface area (Å²) >= 11 is 1.75. The maximum absolute atomic E-state index is 5.04. The molecular weight excluding hydrogens is 338 g/mol. The van der Waals surface area contributed by atoms with Crippen molar-refractivity contribution in [3.05, 3.63) is 47.8 Å². The molecule has 24 heavy (non-hydrogen) atoms. The van der Waals surface area contributed by atoms with Gasteiger partial charge in [0.05, 0.1) is 10.6 Å². The lowest BCUT2D eigenvalue weighted by molar-refractivity contribution is 0.271. The highest BCUT2D eigenvalue weighted by atomic mass is 35.5. The van der Waals surface area contributed by atoms with E-state index in [1.165, 1.54) is 15.6 Å². The summed E-state index contributed by atoms with van der Waals surface area (Å²) in [5.74, 6) is 1.14. The minimum atomic E-state index is 0. The van der Waals surface area contributed by atoms with Crippen LogP contribution in [0.25, 0.3) is 21.3 Å². The molecular formula is C19H22ClN3S. The number of benzene rings is 1. The second-order valence-corrected chi connectivity index (χ2v) is 6.90. The monoisotopic (exact) mass is 359 g/mol. The van der Waals surface area contributed by atoms with Crippen molar-refractivity contribution in [1.29, 1.82) is 0 Å². The first-order chi connectivity index (χ1) is 11.3. The third-order valence-corrected chi connectivity index (χ3v) is 5.51. The molecule has 3 heterocycles. The molecule has 0 saturated carbocycles. The molecule has 0 bridgehead atoms. The quantitative estimate of drug-likeness (QED) is 0.685. The molecule has 3 aromatic rings. The number of nitrogens with zero attached hydrogens (tertiary/aromatic N) is 3. The van der Waals surface area contributed by atoms with E-state index < -0.39 is 0 Å². The zero-order valence-corrected chi connectivity index (χ0v) is 15.4. The number of halogens is 1. The van der Waals surface area contributed by atoms with Crippen molar-refractivity contribution in [3.63, 3.8) is 0 Å². The standard InChI is InChI=1S/C19H21N3S.ClH/c1-2-21-9-11-22(12-10-21)19-16-7-4-3-6-15(16)14-17(20-19)18-8-5-13-23-18;/h3-8,13-14H,2,9-12H2,1H3;1H. The first-order valence-electron chi connectivity index (χ1n) is 8.26. The maximum Gasteiger partial charge on any atom is 0.137 e. The highest BCUT2D eigenvalue weighted by Crippen LogP contribution is 2.32. The van der Waals surface area contributed by atoms with E-state index >= 15 is 0 Å². The highest BCUT2D eigenvalue weighted by molar-refractivity contribution is 7.13. The average molecular weight is 360 g/mol. The van der Waals surface area contributed by atoms with Gasteiger partial charge in [-0.2, -0.15) is 0 Å². The van der Waals surface area contributed by atoms with Crippen LogP contribution < -0.4 is 4.90 Å². The van der Waals surface area contributed by atoms with Crippen LogP contribution in [0.2, 0.25) is 0 Å². The molecule has 0 radical (unpaired) electrons. The summed E-state index contributed by atoms with van der Waals surface area (Å²) in [7, 11) is 0. The van der Waals surface area contributed by atoms with E-state index in [9.17, 15) is 0 Å². The van der Waals surface area contributed by atoms with Gasteiger partial charge in [-0.1, -0.05) is 37.3 Å². The summed E-state index contributed by atoms with van der Waals surface area (Å²) in [6.45, 7) is 7.72. The van der Waals surface area contributed by atoms with E-state index in [1.54, 1.807) is 11.3 Å². The van der Waals surface area contributed by atoms with Gasteiger partial charge < -0.3 is 9.80 Å². The predicted molar refractivity (Wildman–Crippen MR) is 107 cm³/mol. The van der Waals surface area contributed by atoms with Crippen molar-refractivity contribution in [1.82, 2.24) is 9.88 Å². The Morgan fingerprint density at radius 1 is 1.04 bits per heavy atom. The molecule has 4 rings (SSSR count). The minimum Gasteiger partial charge on any atom is -0.354 e. The summed E-state index contributed by atoms with van der Waals surface area (Å²) in [4.78, 5) is 11.2. The van der Waals surface area contributed by atoms with Gasteiger partial charge in [0.2, 0.25) is 0 Å². The van der Waals surface area contributed by atoms with E-state index in [0.717, 1.165) is 44.2 Å². The Bertz CT molecular complexity index is 795. The van der Waals surface area contributed by atoms with Crippen molar-refractivity contribution >= 4 is 40.3 Å². The zero-order valence-electron chi connectivity index (χ0n) is 13.8. The fourth-order valence-electron chi connectivity index (χ4n) is 3.25. The third kappa shape index (κ3) is 3.27. The van der Waals surface area contributed by atoms with Crippen molar-refractivity contribution in [3.8, 4) is 10.6 Å². The Hall–Kier alpha value is -1.62. The van der Waals surface area contributed by atoms with Crippen LogP contribution in [0.1, 0.15) is 6.92 Å². The molecule has 0 aliphatic carbocycles. The number of hydrogen-bond donors (Lipinski definition) is 0. The number of thiophene rings is 1. The molecule has 126 valence electrons. The van der Waals surface area contributed by atoms with Crippen LogP contribution in [-0.2, 0) is 0 Å². The number of anilines is 1. The highest BCUT2D eigenvalue weighted by Gasteiger charge is 2.19. The lowest BCUT2D eigenvalue weighted by atomic mass is 10.1. The molecule has 0 spiro atoms. The van der Waals surface area contributed by atoms with Gasteiger partial charge >= 0.3 is 0 Å². The Morgan fingerprint density at radius 2 is 1.83 bits per heavy atom. The van der Waals surface area contributed by atoms with E-state index in [1.807, 2.05) is 0 Å². The predicted octanol–water partition coefficient (Wildman–Crippen LogP) is 4.53. The number of likely N-dealkylation sites (N-methyl/N-ethyl adjacent to an activating group) is 1. The molecule has 1 aromatic carbocycles. The normalized spacial score (nSPS) is 15.5. The van der Waals surface area contributed by atoms with Crippen LogP contribution in [-0.4, -0.2) is 42.6 Å². The third-order valence-electron chi connectivity index (χ3n) is 4.61. The van der Waals surface area contributed by atoms with Crippen LogP contribution in [0.5, 0.6) is 0 Å². The second-order valence-electron chi connectivity index (χ2n) is 5.95. The molecule has 0 N–H and O–H groups in total. The van der Waals surface area contributed by atoms with Crippen LogP contribution in [0, 0.1) is 0 Å². The van der Waals surface area contributed by atoms with Crippen LogP contribution in [0.4, 0.5) is 5.82 Å². The lowest BCUT2D eigenvalue weighted by Gasteiger charge is -2.35. The molecule has 1 fully saturated rings. The summed E-state index contributed by atoms with van der Waals surface area (Å²) in [6.07, 6.45) is 0. The first-order valence-corrected chi connectivity index (χ1v) is 9.14. The van der Waals surface area contributed by atoms with Crippen LogP contribution >= 0.6 is 23.7 Å². The first kappa shape index (κ1) is 17.2. The van der Waals surface area contributed by atoms with E-state index in [-0.39, 0.29) is 12.4 Å². The average Bonchev–Trinajstić information content (AvgIpc) is 3.15. The van der Waals surface area contributed by atoms with Gasteiger partial charge in [-0.25, -0.2) is 4.98 Å². The van der Waals surface area contributed by atoms with Gasteiger partial charge in [0, 0.05) is 31.6 Å². The minimum absolute atomic E-state index is 0. The Balaban J connectivity index is 0.00000169. The molecule has 0 unspecified atom stereocenters. The van der Waals surface area contributed by atoms with Crippen molar-refractivity contribution < 1.29 is 0 Å². The molecule has 5 heteroatoms. The van der Waals surface area contributed by atoms with Crippen LogP contribution in [0.3, 0.4) is 0 Å². The smallest absolute Gasteiger partial charge is 0.137 e. The second kappa shape index (κ2) is 7.51. The molecule has 0 atom stereocenters.